The highest BCUT2D eigenvalue weighted by Crippen LogP contribution is 2.29. The third-order valence-corrected chi connectivity index (χ3v) is 3.76. The maximum absolute atomic E-state index is 12.3. The fraction of sp³-hybridized carbons (Fsp3) is 0.235. The number of allylic oxidation sites excluding steroid dienone is 4. The van der Waals surface area contributed by atoms with Crippen molar-refractivity contribution in [2.24, 2.45) is 5.92 Å². The van der Waals surface area contributed by atoms with Gasteiger partial charge in [0.15, 0.2) is 0 Å². The fourth-order valence-electron chi connectivity index (χ4n) is 2.68. The van der Waals surface area contributed by atoms with Crippen LogP contribution in [0, 0.1) is 5.92 Å². The third-order valence-electron chi connectivity index (χ3n) is 3.76. The van der Waals surface area contributed by atoms with Gasteiger partial charge in [0.05, 0.1) is 0 Å². The van der Waals surface area contributed by atoms with E-state index in [9.17, 15) is 4.79 Å². The molecule has 1 aromatic carbocycles. The number of nitrogens with one attached hydrogen (secondary N) is 2. The average Bonchev–Trinajstić information content (AvgIpc) is 2.74. The van der Waals surface area contributed by atoms with Gasteiger partial charge in [0, 0.05) is 17.8 Å². The molecule has 1 unspecified atom stereocenters. The van der Waals surface area contributed by atoms with Crippen molar-refractivity contribution in [3.8, 4) is 0 Å². The molecule has 0 saturated carbocycles. The van der Waals surface area contributed by atoms with Crippen molar-refractivity contribution in [2.75, 3.05) is 6.54 Å². The first kappa shape index (κ1) is 12.7. The quantitative estimate of drug-likeness (QED) is 0.864. The van der Waals surface area contributed by atoms with E-state index < -0.39 is 0 Å². The van der Waals surface area contributed by atoms with E-state index in [1.54, 1.807) is 0 Å². The number of carbonyl (C=O) groups is 1. The van der Waals surface area contributed by atoms with Crippen molar-refractivity contribution in [2.45, 2.75) is 12.8 Å². The van der Waals surface area contributed by atoms with Crippen LogP contribution in [0.4, 0.5) is 0 Å². The highest BCUT2D eigenvalue weighted by Gasteiger charge is 2.20. The minimum atomic E-state index is -0.0518. The molecule has 0 fully saturated rings. The van der Waals surface area contributed by atoms with Gasteiger partial charge in [-0.15, -0.1) is 0 Å². The lowest BCUT2D eigenvalue weighted by molar-refractivity contribution is 0.0966. The summed E-state index contributed by atoms with van der Waals surface area (Å²) in [5.74, 6) is 0.446. The molecule has 0 spiro atoms. The third kappa shape index (κ3) is 2.67. The molecular formula is C17H18N2O. The van der Waals surface area contributed by atoms with Crippen molar-refractivity contribution in [1.29, 1.82) is 0 Å². The second kappa shape index (κ2) is 5.78. The first-order valence-corrected chi connectivity index (χ1v) is 7.01. The Bertz CT molecular complexity index is 584. The summed E-state index contributed by atoms with van der Waals surface area (Å²) in [6, 6.07) is 9.32. The van der Waals surface area contributed by atoms with E-state index in [1.165, 1.54) is 5.57 Å². The van der Waals surface area contributed by atoms with Crippen molar-refractivity contribution < 1.29 is 4.79 Å². The van der Waals surface area contributed by atoms with Crippen LogP contribution < -0.4 is 10.6 Å². The monoisotopic (exact) mass is 266 g/mol. The van der Waals surface area contributed by atoms with E-state index in [0.717, 1.165) is 25.1 Å². The van der Waals surface area contributed by atoms with Gasteiger partial charge >= 0.3 is 0 Å². The summed E-state index contributed by atoms with van der Waals surface area (Å²) >= 11 is 0. The summed E-state index contributed by atoms with van der Waals surface area (Å²) in [4.78, 5) is 12.3. The van der Waals surface area contributed by atoms with E-state index in [0.29, 0.717) is 11.5 Å². The zero-order chi connectivity index (χ0) is 13.8. The van der Waals surface area contributed by atoms with Gasteiger partial charge in [-0.3, -0.25) is 4.79 Å². The van der Waals surface area contributed by atoms with Crippen molar-refractivity contribution >= 4 is 5.91 Å². The Balaban J connectivity index is 1.85. The second-order valence-corrected chi connectivity index (χ2v) is 5.10. The number of fused-ring (bicyclic) bond motifs is 1. The number of hydrogen-bond donors (Lipinski definition) is 2. The van der Waals surface area contributed by atoms with Crippen molar-refractivity contribution in [3.05, 3.63) is 71.6 Å². The van der Waals surface area contributed by atoms with Crippen molar-refractivity contribution in [3.63, 3.8) is 0 Å². The largest absolute Gasteiger partial charge is 0.391 e. The topological polar surface area (TPSA) is 41.1 Å². The van der Waals surface area contributed by atoms with E-state index in [4.69, 9.17) is 0 Å². The summed E-state index contributed by atoms with van der Waals surface area (Å²) in [7, 11) is 0. The average molecular weight is 266 g/mol. The summed E-state index contributed by atoms with van der Waals surface area (Å²) in [6.07, 6.45) is 10.4. The molecule has 0 saturated heterocycles. The second-order valence-electron chi connectivity index (χ2n) is 5.10. The number of hydrogen-bond acceptors (Lipinski definition) is 2. The lowest BCUT2D eigenvalue weighted by atomic mass is 9.87. The normalized spacial score (nSPS) is 20.9. The van der Waals surface area contributed by atoms with Gasteiger partial charge in [-0.2, -0.15) is 0 Å². The number of carbonyl (C=O) groups excluding carboxylic acids is 1. The molecule has 2 aliphatic rings. The lowest BCUT2D eigenvalue weighted by Crippen LogP contribution is -2.25. The Labute approximate surface area is 119 Å². The smallest absolute Gasteiger partial charge is 0.255 e. The predicted molar refractivity (Wildman–Crippen MR) is 79.9 cm³/mol. The Morgan fingerprint density at radius 3 is 2.90 bits per heavy atom. The minimum Gasteiger partial charge on any atom is -0.391 e. The molecule has 0 radical (unpaired) electrons. The van der Waals surface area contributed by atoms with Crippen LogP contribution >= 0.6 is 0 Å². The van der Waals surface area contributed by atoms with Crippen LogP contribution in [0.1, 0.15) is 23.2 Å². The van der Waals surface area contributed by atoms with Gasteiger partial charge in [-0.1, -0.05) is 24.3 Å². The van der Waals surface area contributed by atoms with Crippen LogP contribution in [0.2, 0.25) is 0 Å². The van der Waals surface area contributed by atoms with Crippen LogP contribution in [-0.2, 0) is 0 Å². The first-order valence-electron chi connectivity index (χ1n) is 7.01. The molecule has 1 amide bonds. The van der Waals surface area contributed by atoms with E-state index in [-0.39, 0.29) is 5.91 Å². The van der Waals surface area contributed by atoms with Crippen LogP contribution in [0.3, 0.4) is 0 Å². The maximum atomic E-state index is 12.3. The molecule has 3 nitrogen and oxygen atoms in total. The molecular weight excluding hydrogens is 248 g/mol. The van der Waals surface area contributed by atoms with Gasteiger partial charge in [0.1, 0.15) is 0 Å². The zero-order valence-electron chi connectivity index (χ0n) is 11.3. The molecule has 0 bridgehead atoms. The number of benzene rings is 1. The van der Waals surface area contributed by atoms with Gasteiger partial charge < -0.3 is 10.6 Å². The number of rotatable bonds is 2. The Hall–Kier alpha value is -2.29. The maximum Gasteiger partial charge on any atom is 0.255 e. The summed E-state index contributed by atoms with van der Waals surface area (Å²) in [6.45, 7) is 0.985. The van der Waals surface area contributed by atoms with Crippen LogP contribution in [-0.4, -0.2) is 12.5 Å². The van der Waals surface area contributed by atoms with E-state index in [2.05, 4.69) is 22.8 Å². The molecule has 2 N–H and O–H groups in total. The van der Waals surface area contributed by atoms with E-state index in [1.807, 2.05) is 42.6 Å². The molecule has 1 aliphatic carbocycles. The molecule has 1 atom stereocenters. The summed E-state index contributed by atoms with van der Waals surface area (Å²) in [5.41, 5.74) is 2.84. The van der Waals surface area contributed by atoms with Crippen LogP contribution in [0.5, 0.6) is 0 Å². The highest BCUT2D eigenvalue weighted by molar-refractivity contribution is 5.95. The predicted octanol–water partition coefficient (Wildman–Crippen LogP) is 2.75. The Morgan fingerprint density at radius 2 is 2.05 bits per heavy atom. The molecule has 3 rings (SSSR count). The summed E-state index contributed by atoms with van der Waals surface area (Å²) in [5, 5.41) is 6.29. The molecule has 20 heavy (non-hydrogen) atoms. The molecule has 0 aromatic heterocycles. The standard InChI is InChI=1S/C17H18N2O/c20-17(14-5-2-1-3-6-14)19-16-8-4-7-13-9-11-18-12-10-15(13)16/h1-6,8,10,12-13,18H,7,9,11H2,(H,19,20). The van der Waals surface area contributed by atoms with Crippen LogP contribution in [0.15, 0.2) is 66.0 Å². The van der Waals surface area contributed by atoms with Crippen LogP contribution in [0.25, 0.3) is 0 Å². The molecule has 1 heterocycles. The Kier molecular flexibility index (Phi) is 3.68. The van der Waals surface area contributed by atoms with Gasteiger partial charge in [-0.05, 0) is 54.8 Å². The molecule has 3 heteroatoms. The van der Waals surface area contributed by atoms with Gasteiger partial charge in [0.25, 0.3) is 5.91 Å². The lowest BCUT2D eigenvalue weighted by Gasteiger charge is -2.22. The Morgan fingerprint density at radius 1 is 1.20 bits per heavy atom. The first-order chi connectivity index (χ1) is 9.84. The SMILES string of the molecule is O=C(NC1=C2C=CNCCC2CC=C1)c1ccccc1. The fourth-order valence-corrected chi connectivity index (χ4v) is 2.68. The van der Waals surface area contributed by atoms with Gasteiger partial charge in [0.2, 0.25) is 0 Å². The number of amides is 1. The minimum absolute atomic E-state index is 0.0518. The highest BCUT2D eigenvalue weighted by atomic mass is 16.1. The van der Waals surface area contributed by atoms with Crippen molar-refractivity contribution in [1.82, 2.24) is 10.6 Å². The summed E-state index contributed by atoms with van der Waals surface area (Å²) < 4.78 is 0. The molecule has 1 aromatic rings. The zero-order valence-corrected chi connectivity index (χ0v) is 11.3. The van der Waals surface area contributed by atoms with E-state index >= 15 is 0 Å². The molecule has 1 aliphatic heterocycles. The van der Waals surface area contributed by atoms with Gasteiger partial charge in [-0.25, -0.2) is 0 Å². The molecule has 102 valence electrons.